The Morgan fingerprint density at radius 1 is 1.17 bits per heavy atom. The number of benzene rings is 2. The molecule has 9 heteroatoms. The molecular weight excluding hydrogens is 396 g/mol. The van der Waals surface area contributed by atoms with Gasteiger partial charge in [-0.15, -0.1) is 10.2 Å². The molecular formula is C20H19ClN4O4. The molecule has 0 spiro atoms. The first-order chi connectivity index (χ1) is 14.0. The number of non-ortho nitro benzene ring substituents is 1. The molecule has 1 aliphatic rings. The number of nitro benzene ring substituents is 1. The highest BCUT2D eigenvalue weighted by Crippen LogP contribution is 2.30. The van der Waals surface area contributed by atoms with Gasteiger partial charge < -0.3 is 9.15 Å². The molecule has 29 heavy (non-hydrogen) atoms. The molecule has 0 unspecified atom stereocenters. The van der Waals surface area contributed by atoms with Crippen molar-refractivity contribution in [2.45, 2.75) is 19.1 Å². The predicted molar refractivity (Wildman–Crippen MR) is 107 cm³/mol. The van der Waals surface area contributed by atoms with Gasteiger partial charge in [0, 0.05) is 35.8 Å². The molecule has 4 rings (SSSR count). The molecule has 0 N–H and O–H groups in total. The second-order valence-corrected chi connectivity index (χ2v) is 7.27. The van der Waals surface area contributed by atoms with Crippen LogP contribution in [0.5, 0.6) is 0 Å². The van der Waals surface area contributed by atoms with E-state index in [-0.39, 0.29) is 17.8 Å². The summed E-state index contributed by atoms with van der Waals surface area (Å²) in [4.78, 5) is 12.6. The third kappa shape index (κ3) is 4.29. The average molecular weight is 415 g/mol. The number of morpholine rings is 1. The molecule has 1 aromatic heterocycles. The van der Waals surface area contributed by atoms with Gasteiger partial charge in [0.25, 0.3) is 5.69 Å². The highest BCUT2D eigenvalue weighted by molar-refractivity contribution is 6.30. The quantitative estimate of drug-likeness (QED) is 0.450. The number of rotatable bonds is 5. The van der Waals surface area contributed by atoms with Gasteiger partial charge in [-0.2, -0.15) is 0 Å². The molecule has 0 bridgehead atoms. The van der Waals surface area contributed by atoms with Crippen LogP contribution in [0, 0.1) is 10.1 Å². The second kappa shape index (κ2) is 8.28. The molecule has 0 amide bonds. The lowest BCUT2D eigenvalue weighted by atomic mass is 10.1. The Hall–Kier alpha value is -2.81. The Balaban J connectivity index is 1.47. The summed E-state index contributed by atoms with van der Waals surface area (Å²) in [5.74, 6) is 0.833. The van der Waals surface area contributed by atoms with Crippen LogP contribution < -0.4 is 0 Å². The minimum absolute atomic E-state index is 0.0171. The van der Waals surface area contributed by atoms with E-state index in [4.69, 9.17) is 20.8 Å². The van der Waals surface area contributed by atoms with Gasteiger partial charge in [-0.1, -0.05) is 23.7 Å². The highest BCUT2D eigenvalue weighted by atomic mass is 35.5. The zero-order valence-electron chi connectivity index (χ0n) is 15.7. The zero-order valence-corrected chi connectivity index (χ0v) is 16.5. The molecule has 3 aromatic rings. The van der Waals surface area contributed by atoms with Crippen molar-refractivity contribution >= 4 is 17.3 Å². The Morgan fingerprint density at radius 3 is 2.59 bits per heavy atom. The molecule has 2 heterocycles. The molecule has 0 saturated carbocycles. The topological polar surface area (TPSA) is 94.5 Å². The van der Waals surface area contributed by atoms with E-state index in [1.54, 1.807) is 12.1 Å². The summed E-state index contributed by atoms with van der Waals surface area (Å²) in [6.07, 6.45) is -0.0551. The largest absolute Gasteiger partial charge is 0.419 e. The van der Waals surface area contributed by atoms with Gasteiger partial charge in [-0.25, -0.2) is 0 Å². The molecule has 0 aliphatic carbocycles. The van der Waals surface area contributed by atoms with Crippen LogP contribution in [0.15, 0.2) is 52.9 Å². The zero-order chi connectivity index (χ0) is 20.4. The van der Waals surface area contributed by atoms with Gasteiger partial charge in [0.1, 0.15) is 0 Å². The Kier molecular flexibility index (Phi) is 5.57. The lowest BCUT2D eigenvalue weighted by Gasteiger charge is -2.35. The van der Waals surface area contributed by atoms with Gasteiger partial charge in [0.2, 0.25) is 11.8 Å². The third-order valence-electron chi connectivity index (χ3n) is 5.01. The van der Waals surface area contributed by atoms with Crippen molar-refractivity contribution < 1.29 is 14.1 Å². The average Bonchev–Trinajstić information content (AvgIpc) is 3.24. The molecule has 2 atom stereocenters. The van der Waals surface area contributed by atoms with E-state index in [0.29, 0.717) is 35.5 Å². The van der Waals surface area contributed by atoms with Crippen LogP contribution >= 0.6 is 11.6 Å². The van der Waals surface area contributed by atoms with E-state index in [9.17, 15) is 10.1 Å². The number of aromatic nitrogens is 2. The van der Waals surface area contributed by atoms with E-state index in [2.05, 4.69) is 15.1 Å². The maximum Gasteiger partial charge on any atom is 0.269 e. The molecule has 150 valence electrons. The van der Waals surface area contributed by atoms with Crippen molar-refractivity contribution in [1.82, 2.24) is 15.1 Å². The first kappa shape index (κ1) is 19.5. The van der Waals surface area contributed by atoms with E-state index < -0.39 is 4.92 Å². The second-order valence-electron chi connectivity index (χ2n) is 6.83. The van der Waals surface area contributed by atoms with Gasteiger partial charge >= 0.3 is 0 Å². The van der Waals surface area contributed by atoms with Crippen molar-refractivity contribution in [2.24, 2.45) is 0 Å². The standard InChI is InChI=1S/C20H19ClN4O4/c1-13(24-10-11-28-18(12-24)14-2-6-16(21)7-3-14)19-22-23-20(29-19)15-4-8-17(9-5-15)25(26)27/h2-9,13,18H,10-12H2,1H3/t13-,18-/m1/s1. The Bertz CT molecular complexity index is 990. The normalized spacial score (nSPS) is 18.5. The summed E-state index contributed by atoms with van der Waals surface area (Å²) >= 11 is 5.97. The van der Waals surface area contributed by atoms with Crippen LogP contribution in [0.25, 0.3) is 11.5 Å². The maximum absolute atomic E-state index is 10.8. The minimum Gasteiger partial charge on any atom is -0.419 e. The van der Waals surface area contributed by atoms with E-state index in [1.165, 1.54) is 12.1 Å². The highest BCUT2D eigenvalue weighted by Gasteiger charge is 2.29. The van der Waals surface area contributed by atoms with E-state index in [0.717, 1.165) is 12.1 Å². The number of nitrogens with zero attached hydrogens (tertiary/aromatic N) is 4. The number of hydrogen-bond acceptors (Lipinski definition) is 7. The van der Waals surface area contributed by atoms with Crippen molar-refractivity contribution in [1.29, 1.82) is 0 Å². The van der Waals surface area contributed by atoms with E-state index in [1.807, 2.05) is 31.2 Å². The predicted octanol–water partition coefficient (Wildman–Crippen LogP) is 4.43. The molecule has 1 saturated heterocycles. The Labute approximate surface area is 172 Å². The molecule has 2 aromatic carbocycles. The van der Waals surface area contributed by atoms with Gasteiger partial charge in [0.15, 0.2) is 0 Å². The van der Waals surface area contributed by atoms with E-state index >= 15 is 0 Å². The van der Waals surface area contributed by atoms with Crippen LogP contribution in [0.1, 0.15) is 30.5 Å². The van der Waals surface area contributed by atoms with Crippen molar-refractivity contribution in [3.8, 4) is 11.5 Å². The van der Waals surface area contributed by atoms with Crippen LogP contribution in [0.3, 0.4) is 0 Å². The lowest BCUT2D eigenvalue weighted by Crippen LogP contribution is -2.40. The summed E-state index contributed by atoms with van der Waals surface area (Å²) < 4.78 is 11.8. The number of nitro groups is 1. The van der Waals surface area contributed by atoms with Crippen LogP contribution in [-0.2, 0) is 4.74 Å². The maximum atomic E-state index is 10.8. The SMILES string of the molecule is C[C@H](c1nnc(-c2ccc([N+](=O)[O-])cc2)o1)N1CCO[C@@H](c2ccc(Cl)cc2)C1. The third-order valence-corrected chi connectivity index (χ3v) is 5.26. The summed E-state index contributed by atoms with van der Waals surface area (Å²) in [5.41, 5.74) is 1.73. The molecule has 1 aliphatic heterocycles. The number of hydrogen-bond donors (Lipinski definition) is 0. The molecule has 8 nitrogen and oxygen atoms in total. The minimum atomic E-state index is -0.444. The van der Waals surface area contributed by atoms with Crippen molar-refractivity contribution in [3.63, 3.8) is 0 Å². The number of ether oxygens (including phenoxy) is 1. The van der Waals surface area contributed by atoms with Crippen LogP contribution in [-0.4, -0.2) is 39.7 Å². The molecule has 1 fully saturated rings. The van der Waals surface area contributed by atoms with Crippen molar-refractivity contribution in [3.05, 3.63) is 75.1 Å². The first-order valence-corrected chi connectivity index (χ1v) is 9.58. The fraction of sp³-hybridized carbons (Fsp3) is 0.300. The summed E-state index contributed by atoms with van der Waals surface area (Å²) in [7, 11) is 0. The smallest absolute Gasteiger partial charge is 0.269 e. The van der Waals surface area contributed by atoms with Crippen LogP contribution in [0.2, 0.25) is 5.02 Å². The summed E-state index contributed by atoms with van der Waals surface area (Å²) in [6.45, 7) is 4.05. The van der Waals surface area contributed by atoms with Gasteiger partial charge in [-0.3, -0.25) is 15.0 Å². The summed E-state index contributed by atoms with van der Waals surface area (Å²) in [6, 6.07) is 13.6. The monoisotopic (exact) mass is 414 g/mol. The van der Waals surface area contributed by atoms with Crippen LogP contribution in [0.4, 0.5) is 5.69 Å². The Morgan fingerprint density at radius 2 is 1.90 bits per heavy atom. The fourth-order valence-corrected chi connectivity index (χ4v) is 3.43. The fourth-order valence-electron chi connectivity index (χ4n) is 3.30. The first-order valence-electron chi connectivity index (χ1n) is 9.20. The van der Waals surface area contributed by atoms with Gasteiger partial charge in [-0.05, 0) is 36.8 Å². The van der Waals surface area contributed by atoms with Crippen molar-refractivity contribution in [2.75, 3.05) is 19.7 Å². The van der Waals surface area contributed by atoms with Gasteiger partial charge in [0.05, 0.1) is 23.7 Å². The molecule has 0 radical (unpaired) electrons. The lowest BCUT2D eigenvalue weighted by molar-refractivity contribution is -0.384. The number of halogens is 1. The summed E-state index contributed by atoms with van der Waals surface area (Å²) in [5, 5.41) is 19.8.